The number of ether oxygens (including phenoxy) is 4. The molecule has 120 valence electrons. The minimum Gasteiger partial charge on any atom is -0.491 e. The molecule has 0 amide bonds. The van der Waals surface area contributed by atoms with Crippen molar-refractivity contribution in [3.05, 3.63) is 24.5 Å². The van der Waals surface area contributed by atoms with Crippen LogP contribution in [-0.4, -0.2) is 55.6 Å². The highest BCUT2D eigenvalue weighted by atomic mass is 16.6. The highest BCUT2D eigenvalue weighted by Gasteiger charge is 1.99. The maximum Gasteiger partial charge on any atom is 0.302 e. The van der Waals surface area contributed by atoms with Gasteiger partial charge < -0.3 is 23.9 Å². The first-order chi connectivity index (χ1) is 10.8. The fourth-order valence-electron chi connectivity index (χ4n) is 1.79. The predicted octanol–water partition coefficient (Wildman–Crippen LogP) is 1.54. The molecule has 1 heterocycles. The number of fused-ring (bicyclic) bond motifs is 1. The van der Waals surface area contributed by atoms with Crippen LogP contribution in [0.1, 0.15) is 6.92 Å². The summed E-state index contributed by atoms with van der Waals surface area (Å²) in [5, 5.41) is 0. The Kier molecular flexibility index (Phi) is 6.66. The largest absolute Gasteiger partial charge is 0.491 e. The van der Waals surface area contributed by atoms with Crippen molar-refractivity contribution in [3.8, 4) is 5.75 Å². The van der Waals surface area contributed by atoms with Gasteiger partial charge >= 0.3 is 5.97 Å². The molecule has 2 rings (SSSR count). The quantitative estimate of drug-likeness (QED) is 0.529. The minimum atomic E-state index is -0.301. The summed E-state index contributed by atoms with van der Waals surface area (Å²) in [4.78, 5) is 17.7. The van der Waals surface area contributed by atoms with Gasteiger partial charge in [0.1, 0.15) is 19.0 Å². The highest BCUT2D eigenvalue weighted by Crippen LogP contribution is 2.17. The lowest BCUT2D eigenvalue weighted by Gasteiger charge is -2.08. The average Bonchev–Trinajstić information content (AvgIpc) is 2.96. The zero-order valence-electron chi connectivity index (χ0n) is 12.5. The number of nitrogens with zero attached hydrogens (tertiary/aromatic N) is 1. The molecule has 1 N–H and O–H groups in total. The Labute approximate surface area is 128 Å². The third-order valence-corrected chi connectivity index (χ3v) is 2.79. The van der Waals surface area contributed by atoms with Gasteiger partial charge in [0, 0.05) is 13.0 Å². The molecule has 0 atom stereocenters. The zero-order chi connectivity index (χ0) is 15.6. The number of hydrogen-bond acceptors (Lipinski definition) is 6. The van der Waals surface area contributed by atoms with Crippen molar-refractivity contribution < 1.29 is 23.7 Å². The molecule has 7 nitrogen and oxygen atoms in total. The van der Waals surface area contributed by atoms with E-state index in [2.05, 4.69) is 9.97 Å². The number of rotatable bonds is 10. The van der Waals surface area contributed by atoms with Crippen LogP contribution in [0, 0.1) is 0 Å². The monoisotopic (exact) mass is 308 g/mol. The van der Waals surface area contributed by atoms with E-state index in [1.807, 2.05) is 18.2 Å². The molecule has 22 heavy (non-hydrogen) atoms. The van der Waals surface area contributed by atoms with Gasteiger partial charge in [-0.3, -0.25) is 4.79 Å². The predicted molar refractivity (Wildman–Crippen MR) is 79.9 cm³/mol. The molecule has 0 radical (unpaired) electrons. The van der Waals surface area contributed by atoms with Gasteiger partial charge in [-0.05, 0) is 12.1 Å². The van der Waals surface area contributed by atoms with Crippen molar-refractivity contribution in [1.82, 2.24) is 9.97 Å². The fourth-order valence-corrected chi connectivity index (χ4v) is 1.79. The van der Waals surface area contributed by atoms with Gasteiger partial charge in [0.05, 0.1) is 43.8 Å². The summed E-state index contributed by atoms with van der Waals surface area (Å²) in [5.74, 6) is 0.475. The first kappa shape index (κ1) is 16.3. The molecule has 1 aromatic heterocycles. The molecule has 0 bridgehead atoms. The van der Waals surface area contributed by atoms with Crippen molar-refractivity contribution in [2.75, 3.05) is 39.6 Å². The summed E-state index contributed by atoms with van der Waals surface area (Å²) < 4.78 is 20.9. The van der Waals surface area contributed by atoms with E-state index in [0.717, 1.165) is 16.8 Å². The Bertz CT molecular complexity index is 584. The SMILES string of the molecule is CC(=O)OCCOCCOCCOc1ccc2nc[nH]c2c1. The van der Waals surface area contributed by atoms with E-state index < -0.39 is 0 Å². The summed E-state index contributed by atoms with van der Waals surface area (Å²) in [6, 6.07) is 5.68. The van der Waals surface area contributed by atoms with Crippen LogP contribution in [0.2, 0.25) is 0 Å². The second-order valence-electron chi connectivity index (χ2n) is 4.49. The number of carbonyl (C=O) groups excluding carboxylic acids is 1. The minimum absolute atomic E-state index is 0.272. The van der Waals surface area contributed by atoms with Crippen molar-refractivity contribution in [2.24, 2.45) is 0 Å². The summed E-state index contributed by atoms with van der Waals surface area (Å²) >= 11 is 0. The van der Waals surface area contributed by atoms with Gasteiger partial charge in [0.2, 0.25) is 0 Å². The molecule has 0 fully saturated rings. The Balaban J connectivity index is 1.48. The third kappa shape index (κ3) is 5.71. The topological polar surface area (TPSA) is 82.7 Å². The van der Waals surface area contributed by atoms with Crippen LogP contribution in [0.4, 0.5) is 0 Å². The van der Waals surface area contributed by atoms with Gasteiger partial charge in [-0.2, -0.15) is 0 Å². The van der Waals surface area contributed by atoms with Crippen LogP contribution >= 0.6 is 0 Å². The maximum absolute atomic E-state index is 10.5. The van der Waals surface area contributed by atoms with E-state index >= 15 is 0 Å². The van der Waals surface area contributed by atoms with E-state index in [1.165, 1.54) is 6.92 Å². The third-order valence-electron chi connectivity index (χ3n) is 2.79. The molecular weight excluding hydrogens is 288 g/mol. The Morgan fingerprint density at radius 1 is 1.09 bits per heavy atom. The standard InChI is InChI=1S/C15H20N2O5/c1-12(18)21-8-6-19-4-5-20-7-9-22-13-2-3-14-15(10-13)17-11-16-14/h2-3,10-11H,4-9H2,1H3,(H,16,17). The van der Waals surface area contributed by atoms with Crippen molar-refractivity contribution in [2.45, 2.75) is 6.92 Å². The number of imidazole rings is 1. The van der Waals surface area contributed by atoms with Crippen molar-refractivity contribution in [3.63, 3.8) is 0 Å². The average molecular weight is 308 g/mol. The lowest BCUT2D eigenvalue weighted by Crippen LogP contribution is -2.13. The normalized spacial score (nSPS) is 10.8. The molecule has 0 aliphatic rings. The summed E-state index contributed by atoms with van der Waals surface area (Å²) in [5.41, 5.74) is 1.86. The molecular formula is C15H20N2O5. The maximum atomic E-state index is 10.5. The van der Waals surface area contributed by atoms with E-state index in [4.69, 9.17) is 18.9 Å². The van der Waals surface area contributed by atoms with Gasteiger partial charge in [0.25, 0.3) is 0 Å². The first-order valence-electron chi connectivity index (χ1n) is 7.10. The summed E-state index contributed by atoms with van der Waals surface area (Å²) in [6.07, 6.45) is 1.65. The molecule has 0 unspecified atom stereocenters. The number of H-pyrrole nitrogens is 1. The fraction of sp³-hybridized carbons (Fsp3) is 0.467. The summed E-state index contributed by atoms with van der Waals surface area (Å²) in [6.45, 7) is 3.90. The lowest BCUT2D eigenvalue weighted by molar-refractivity contribution is -0.142. The molecule has 0 saturated heterocycles. The first-order valence-corrected chi connectivity index (χ1v) is 7.10. The summed E-state index contributed by atoms with van der Waals surface area (Å²) in [7, 11) is 0. The van der Waals surface area contributed by atoms with Crippen LogP contribution in [0.5, 0.6) is 5.75 Å². The number of nitrogens with one attached hydrogen (secondary N) is 1. The van der Waals surface area contributed by atoms with Gasteiger partial charge in [-0.15, -0.1) is 0 Å². The van der Waals surface area contributed by atoms with Crippen LogP contribution < -0.4 is 4.74 Å². The van der Waals surface area contributed by atoms with E-state index in [0.29, 0.717) is 33.0 Å². The highest BCUT2D eigenvalue weighted by molar-refractivity contribution is 5.75. The van der Waals surface area contributed by atoms with E-state index in [-0.39, 0.29) is 12.6 Å². The number of aromatic amines is 1. The van der Waals surface area contributed by atoms with E-state index in [1.54, 1.807) is 6.33 Å². The van der Waals surface area contributed by atoms with Crippen molar-refractivity contribution >= 4 is 17.0 Å². The molecule has 0 spiro atoms. The number of aromatic nitrogens is 2. The van der Waals surface area contributed by atoms with Crippen LogP contribution in [0.3, 0.4) is 0 Å². The second-order valence-corrected chi connectivity index (χ2v) is 4.49. The van der Waals surface area contributed by atoms with Crippen LogP contribution in [0.25, 0.3) is 11.0 Å². The van der Waals surface area contributed by atoms with Crippen molar-refractivity contribution in [1.29, 1.82) is 0 Å². The molecule has 0 saturated carbocycles. The molecule has 2 aromatic rings. The van der Waals surface area contributed by atoms with Gasteiger partial charge in [-0.25, -0.2) is 4.98 Å². The number of hydrogen-bond donors (Lipinski definition) is 1. The molecule has 1 aromatic carbocycles. The molecule has 7 heteroatoms. The number of benzene rings is 1. The number of carbonyl (C=O) groups is 1. The van der Waals surface area contributed by atoms with Crippen LogP contribution in [0.15, 0.2) is 24.5 Å². The van der Waals surface area contributed by atoms with Gasteiger partial charge in [0.15, 0.2) is 0 Å². The molecule has 0 aliphatic heterocycles. The second kappa shape index (κ2) is 9.01. The smallest absolute Gasteiger partial charge is 0.302 e. The number of esters is 1. The van der Waals surface area contributed by atoms with Crippen LogP contribution in [-0.2, 0) is 19.0 Å². The Hall–Kier alpha value is -2.12. The van der Waals surface area contributed by atoms with E-state index in [9.17, 15) is 4.79 Å². The zero-order valence-corrected chi connectivity index (χ0v) is 12.5. The lowest BCUT2D eigenvalue weighted by atomic mass is 10.3. The Morgan fingerprint density at radius 3 is 2.59 bits per heavy atom. The molecule has 0 aliphatic carbocycles. The van der Waals surface area contributed by atoms with Gasteiger partial charge in [-0.1, -0.05) is 0 Å². The Morgan fingerprint density at radius 2 is 1.82 bits per heavy atom.